The Morgan fingerprint density at radius 2 is 1.93 bits per heavy atom. The van der Waals surface area contributed by atoms with Crippen LogP contribution < -0.4 is 5.32 Å². The standard InChI is InChI=1S/C19H18ClF3N2O3S/c1-3-9-25(12-18(26)24-17-11-15(20)8-7-13(17)2)29(27,28)16-6-4-5-14(10-16)19(21,22)23/h3-8,10-11H,1,9,12H2,2H3,(H,24,26). The molecule has 0 saturated carbocycles. The van der Waals surface area contributed by atoms with E-state index in [-0.39, 0.29) is 6.54 Å². The van der Waals surface area contributed by atoms with Crippen LogP contribution in [0.1, 0.15) is 11.1 Å². The fourth-order valence-electron chi connectivity index (χ4n) is 2.45. The van der Waals surface area contributed by atoms with E-state index in [1.165, 1.54) is 12.1 Å². The van der Waals surface area contributed by atoms with Gasteiger partial charge in [0.2, 0.25) is 15.9 Å². The van der Waals surface area contributed by atoms with Gasteiger partial charge in [0, 0.05) is 17.3 Å². The third-order valence-electron chi connectivity index (χ3n) is 3.93. The molecule has 1 amide bonds. The third kappa shape index (κ3) is 5.81. The maximum atomic E-state index is 12.9. The second-order valence-corrected chi connectivity index (χ2v) is 8.49. The Morgan fingerprint density at radius 3 is 2.55 bits per heavy atom. The van der Waals surface area contributed by atoms with Crippen LogP contribution in [-0.4, -0.2) is 31.7 Å². The zero-order chi connectivity index (χ0) is 21.8. The Kier molecular flexibility index (Phi) is 7.10. The third-order valence-corrected chi connectivity index (χ3v) is 5.97. The number of nitrogens with zero attached hydrogens (tertiary/aromatic N) is 1. The first-order valence-corrected chi connectivity index (χ1v) is 10.1. The van der Waals surface area contributed by atoms with E-state index in [0.29, 0.717) is 22.3 Å². The molecule has 0 saturated heterocycles. The van der Waals surface area contributed by atoms with E-state index in [1.54, 1.807) is 19.1 Å². The van der Waals surface area contributed by atoms with Crippen LogP contribution in [0.5, 0.6) is 0 Å². The molecule has 2 rings (SSSR count). The molecular formula is C19H18ClF3N2O3S. The summed E-state index contributed by atoms with van der Waals surface area (Å²) >= 11 is 5.90. The molecule has 2 aromatic carbocycles. The van der Waals surface area contributed by atoms with E-state index in [4.69, 9.17) is 11.6 Å². The summed E-state index contributed by atoms with van der Waals surface area (Å²) in [6, 6.07) is 8.16. The SMILES string of the molecule is C=CCN(CC(=O)Nc1cc(Cl)ccc1C)S(=O)(=O)c1cccc(C(F)(F)F)c1. The number of hydrogen-bond donors (Lipinski definition) is 1. The number of aryl methyl sites for hydroxylation is 1. The number of carbonyl (C=O) groups is 1. The second kappa shape index (κ2) is 8.98. The van der Waals surface area contributed by atoms with Gasteiger partial charge in [0.15, 0.2) is 0 Å². The summed E-state index contributed by atoms with van der Waals surface area (Å²) in [6.07, 6.45) is -3.46. The van der Waals surface area contributed by atoms with Crippen molar-refractivity contribution in [2.45, 2.75) is 18.0 Å². The van der Waals surface area contributed by atoms with E-state index in [1.807, 2.05) is 0 Å². The number of benzene rings is 2. The Bertz CT molecular complexity index is 1020. The highest BCUT2D eigenvalue weighted by molar-refractivity contribution is 7.89. The minimum absolute atomic E-state index is 0.263. The molecular weight excluding hydrogens is 429 g/mol. The number of hydrogen-bond acceptors (Lipinski definition) is 3. The molecule has 5 nitrogen and oxygen atoms in total. The lowest BCUT2D eigenvalue weighted by Crippen LogP contribution is -2.38. The minimum Gasteiger partial charge on any atom is -0.325 e. The first-order valence-electron chi connectivity index (χ1n) is 8.29. The monoisotopic (exact) mass is 446 g/mol. The molecule has 1 N–H and O–H groups in total. The van der Waals surface area contributed by atoms with Crippen molar-refractivity contribution in [2.24, 2.45) is 0 Å². The number of amides is 1. The van der Waals surface area contributed by atoms with Crippen LogP contribution >= 0.6 is 11.6 Å². The van der Waals surface area contributed by atoms with E-state index < -0.39 is 39.1 Å². The summed E-state index contributed by atoms with van der Waals surface area (Å²) in [4.78, 5) is 11.8. The average molecular weight is 447 g/mol. The molecule has 29 heavy (non-hydrogen) atoms. The summed E-state index contributed by atoms with van der Waals surface area (Å²) in [5, 5.41) is 2.94. The van der Waals surface area contributed by atoms with Gasteiger partial charge in [-0.3, -0.25) is 4.79 Å². The first kappa shape index (κ1) is 22.9. The van der Waals surface area contributed by atoms with Crippen LogP contribution in [0.15, 0.2) is 60.0 Å². The van der Waals surface area contributed by atoms with Crippen LogP contribution in [0, 0.1) is 6.92 Å². The van der Waals surface area contributed by atoms with Gasteiger partial charge in [-0.05, 0) is 42.8 Å². The van der Waals surface area contributed by atoms with Crippen molar-refractivity contribution in [3.05, 3.63) is 71.3 Å². The number of carbonyl (C=O) groups excluding carboxylic acids is 1. The highest BCUT2D eigenvalue weighted by atomic mass is 35.5. The van der Waals surface area contributed by atoms with Gasteiger partial charge in [-0.15, -0.1) is 6.58 Å². The van der Waals surface area contributed by atoms with Gasteiger partial charge in [-0.2, -0.15) is 17.5 Å². The van der Waals surface area contributed by atoms with Crippen LogP contribution in [0.4, 0.5) is 18.9 Å². The van der Waals surface area contributed by atoms with Crippen molar-refractivity contribution in [1.82, 2.24) is 4.31 Å². The van der Waals surface area contributed by atoms with E-state index in [2.05, 4.69) is 11.9 Å². The van der Waals surface area contributed by atoms with Crippen LogP contribution in [0.2, 0.25) is 5.02 Å². The molecule has 10 heteroatoms. The van der Waals surface area contributed by atoms with E-state index in [9.17, 15) is 26.4 Å². The molecule has 0 aliphatic carbocycles. The zero-order valence-electron chi connectivity index (χ0n) is 15.3. The van der Waals surface area contributed by atoms with Crippen molar-refractivity contribution < 1.29 is 26.4 Å². The summed E-state index contributed by atoms with van der Waals surface area (Å²) in [7, 11) is -4.38. The van der Waals surface area contributed by atoms with Crippen LogP contribution in [-0.2, 0) is 21.0 Å². The quantitative estimate of drug-likeness (QED) is 0.637. The predicted octanol–water partition coefficient (Wildman–Crippen LogP) is 4.48. The van der Waals surface area contributed by atoms with Crippen molar-refractivity contribution in [2.75, 3.05) is 18.4 Å². The highest BCUT2D eigenvalue weighted by Crippen LogP contribution is 2.31. The fourth-order valence-corrected chi connectivity index (χ4v) is 4.04. The topological polar surface area (TPSA) is 66.5 Å². The van der Waals surface area contributed by atoms with Gasteiger partial charge in [-0.25, -0.2) is 8.42 Å². The average Bonchev–Trinajstić information content (AvgIpc) is 2.64. The Morgan fingerprint density at radius 1 is 1.24 bits per heavy atom. The van der Waals surface area contributed by atoms with Gasteiger partial charge in [0.25, 0.3) is 0 Å². The Hall–Kier alpha value is -2.36. The fraction of sp³-hybridized carbons (Fsp3) is 0.211. The van der Waals surface area contributed by atoms with Gasteiger partial charge in [0.1, 0.15) is 0 Å². The molecule has 2 aromatic rings. The molecule has 0 aromatic heterocycles. The molecule has 0 spiro atoms. The minimum atomic E-state index is -4.70. The number of alkyl halides is 3. The van der Waals surface area contributed by atoms with Crippen LogP contribution in [0.25, 0.3) is 0 Å². The molecule has 156 valence electrons. The number of halogens is 4. The lowest BCUT2D eigenvalue weighted by atomic mass is 10.2. The summed E-state index contributed by atoms with van der Waals surface area (Å²) in [5.74, 6) is -0.673. The first-order chi connectivity index (χ1) is 13.4. The van der Waals surface area contributed by atoms with Crippen LogP contribution in [0.3, 0.4) is 0 Å². The van der Waals surface area contributed by atoms with Gasteiger partial charge < -0.3 is 5.32 Å². The maximum absolute atomic E-state index is 12.9. The molecule has 0 unspecified atom stereocenters. The summed E-state index contributed by atoms with van der Waals surface area (Å²) in [5.41, 5.74) is 0.00686. The van der Waals surface area contributed by atoms with E-state index in [0.717, 1.165) is 22.5 Å². The van der Waals surface area contributed by atoms with Crippen molar-refractivity contribution in [3.8, 4) is 0 Å². The lowest BCUT2D eigenvalue weighted by molar-refractivity contribution is -0.137. The molecule has 0 aliphatic heterocycles. The zero-order valence-corrected chi connectivity index (χ0v) is 16.9. The van der Waals surface area contributed by atoms with Crippen molar-refractivity contribution >= 4 is 33.2 Å². The molecule has 0 bridgehead atoms. The Balaban J connectivity index is 2.29. The van der Waals surface area contributed by atoms with Crippen molar-refractivity contribution in [3.63, 3.8) is 0 Å². The van der Waals surface area contributed by atoms with Gasteiger partial charge in [-0.1, -0.05) is 29.8 Å². The molecule has 0 radical (unpaired) electrons. The van der Waals surface area contributed by atoms with Gasteiger partial charge >= 0.3 is 6.18 Å². The lowest BCUT2D eigenvalue weighted by Gasteiger charge is -2.21. The number of rotatable bonds is 7. The number of sulfonamides is 1. The molecule has 0 heterocycles. The molecule has 0 fully saturated rings. The van der Waals surface area contributed by atoms with Gasteiger partial charge in [0.05, 0.1) is 17.0 Å². The second-order valence-electron chi connectivity index (χ2n) is 6.12. The summed E-state index contributed by atoms with van der Waals surface area (Å²) in [6.45, 7) is 4.30. The predicted molar refractivity (Wildman–Crippen MR) is 105 cm³/mol. The maximum Gasteiger partial charge on any atom is 0.416 e. The Labute approximate surface area is 171 Å². The van der Waals surface area contributed by atoms with Crippen molar-refractivity contribution in [1.29, 1.82) is 0 Å². The number of nitrogens with one attached hydrogen (secondary N) is 1. The number of anilines is 1. The van der Waals surface area contributed by atoms with E-state index >= 15 is 0 Å². The molecule has 0 atom stereocenters. The smallest absolute Gasteiger partial charge is 0.325 e. The highest BCUT2D eigenvalue weighted by Gasteiger charge is 2.33. The summed E-state index contributed by atoms with van der Waals surface area (Å²) < 4.78 is 65.2. The largest absolute Gasteiger partial charge is 0.416 e. The molecule has 0 aliphatic rings. The normalized spacial score (nSPS) is 12.1.